The second kappa shape index (κ2) is 6.27. The van der Waals surface area contributed by atoms with Gasteiger partial charge in [-0.15, -0.1) is 0 Å². The van der Waals surface area contributed by atoms with Crippen molar-refractivity contribution in [3.63, 3.8) is 0 Å². The molecule has 100 valence electrons. The summed E-state index contributed by atoms with van der Waals surface area (Å²) in [6.45, 7) is 6.43. The van der Waals surface area contributed by atoms with Crippen LogP contribution in [0.3, 0.4) is 0 Å². The van der Waals surface area contributed by atoms with Gasteiger partial charge in [0.1, 0.15) is 0 Å². The second-order valence-corrected chi connectivity index (χ2v) is 6.02. The first-order chi connectivity index (χ1) is 9.11. The van der Waals surface area contributed by atoms with Gasteiger partial charge >= 0.3 is 0 Å². The van der Waals surface area contributed by atoms with E-state index in [2.05, 4.69) is 63.2 Å². The zero-order chi connectivity index (χ0) is 13.8. The maximum Gasteiger partial charge on any atom is 0.0303 e. The van der Waals surface area contributed by atoms with E-state index in [1.807, 2.05) is 0 Å². The lowest BCUT2D eigenvalue weighted by molar-refractivity contribution is 0.685. The summed E-state index contributed by atoms with van der Waals surface area (Å²) < 4.78 is 0. The van der Waals surface area contributed by atoms with E-state index in [1.54, 1.807) is 11.8 Å². The van der Waals surface area contributed by atoms with Crippen LogP contribution < -0.4 is 5.73 Å². The predicted molar refractivity (Wildman–Crippen MR) is 83.7 cm³/mol. The Morgan fingerprint density at radius 2 is 1.79 bits per heavy atom. The van der Waals surface area contributed by atoms with Gasteiger partial charge in [-0.25, -0.2) is 0 Å². The van der Waals surface area contributed by atoms with Crippen molar-refractivity contribution in [2.45, 2.75) is 43.0 Å². The average Bonchev–Trinajstić information content (AvgIpc) is 2.43. The second-order valence-electron chi connectivity index (χ2n) is 4.90. The van der Waals surface area contributed by atoms with Gasteiger partial charge in [0.2, 0.25) is 0 Å². The lowest BCUT2D eigenvalue weighted by atomic mass is 10.1. The third kappa shape index (κ3) is 3.40. The van der Waals surface area contributed by atoms with Crippen molar-refractivity contribution in [1.82, 2.24) is 0 Å². The first kappa shape index (κ1) is 14.2. The predicted octanol–water partition coefficient (Wildman–Crippen LogP) is 4.86. The molecule has 19 heavy (non-hydrogen) atoms. The van der Waals surface area contributed by atoms with Gasteiger partial charge in [0.25, 0.3) is 0 Å². The molecule has 2 aromatic rings. The van der Waals surface area contributed by atoms with Gasteiger partial charge in [-0.1, -0.05) is 43.0 Å². The zero-order valence-electron chi connectivity index (χ0n) is 11.8. The van der Waals surface area contributed by atoms with Gasteiger partial charge < -0.3 is 5.73 Å². The molecule has 0 aliphatic heterocycles. The molecule has 1 nitrogen and oxygen atoms in total. The van der Waals surface area contributed by atoms with E-state index in [0.717, 1.165) is 6.42 Å². The van der Waals surface area contributed by atoms with E-state index >= 15 is 0 Å². The van der Waals surface area contributed by atoms with Crippen molar-refractivity contribution >= 4 is 11.8 Å². The molecular weight excluding hydrogens is 250 g/mol. The minimum atomic E-state index is 0.121. The van der Waals surface area contributed by atoms with Crippen molar-refractivity contribution in [3.8, 4) is 0 Å². The topological polar surface area (TPSA) is 26.0 Å². The van der Waals surface area contributed by atoms with E-state index in [-0.39, 0.29) is 6.04 Å². The molecule has 0 amide bonds. The third-order valence-corrected chi connectivity index (χ3v) is 4.55. The summed E-state index contributed by atoms with van der Waals surface area (Å²) in [5, 5.41) is 0. The van der Waals surface area contributed by atoms with Gasteiger partial charge in [0.05, 0.1) is 0 Å². The van der Waals surface area contributed by atoms with Crippen LogP contribution in [0.1, 0.15) is 36.1 Å². The van der Waals surface area contributed by atoms with Gasteiger partial charge in [-0.2, -0.15) is 0 Å². The number of nitrogens with two attached hydrogens (primary N) is 1. The molecule has 0 heterocycles. The van der Waals surface area contributed by atoms with Gasteiger partial charge in [0, 0.05) is 15.8 Å². The molecule has 0 aliphatic carbocycles. The smallest absolute Gasteiger partial charge is 0.0303 e. The first-order valence-corrected chi connectivity index (χ1v) is 7.53. The molecule has 0 aromatic heterocycles. The summed E-state index contributed by atoms with van der Waals surface area (Å²) in [7, 11) is 0. The van der Waals surface area contributed by atoms with Crippen molar-refractivity contribution < 1.29 is 0 Å². The Bertz CT molecular complexity index is 563. The minimum absolute atomic E-state index is 0.121. The molecule has 0 unspecified atom stereocenters. The van der Waals surface area contributed by atoms with Crippen molar-refractivity contribution in [1.29, 1.82) is 0 Å². The first-order valence-electron chi connectivity index (χ1n) is 6.71. The van der Waals surface area contributed by atoms with Crippen LogP contribution in [-0.2, 0) is 0 Å². The summed E-state index contributed by atoms with van der Waals surface area (Å²) in [4.78, 5) is 2.54. The molecule has 0 saturated carbocycles. The van der Waals surface area contributed by atoms with Crippen LogP contribution in [0.15, 0.2) is 52.3 Å². The number of hydrogen-bond acceptors (Lipinski definition) is 2. The van der Waals surface area contributed by atoms with E-state index in [4.69, 9.17) is 5.73 Å². The van der Waals surface area contributed by atoms with E-state index in [9.17, 15) is 0 Å². The molecule has 0 spiro atoms. The highest BCUT2D eigenvalue weighted by Crippen LogP contribution is 2.34. The molecule has 2 heteroatoms. The van der Waals surface area contributed by atoms with Crippen LogP contribution in [0.25, 0.3) is 0 Å². The Kier molecular flexibility index (Phi) is 4.67. The molecule has 0 saturated heterocycles. The summed E-state index contributed by atoms with van der Waals surface area (Å²) >= 11 is 1.80. The molecule has 0 bridgehead atoms. The molecule has 0 fully saturated rings. The lowest BCUT2D eigenvalue weighted by Crippen LogP contribution is -2.09. The normalized spacial score (nSPS) is 12.4. The highest BCUT2D eigenvalue weighted by Gasteiger charge is 2.10. The summed E-state index contributed by atoms with van der Waals surface area (Å²) in [5.41, 5.74) is 10.1. The fourth-order valence-electron chi connectivity index (χ4n) is 2.00. The number of benzene rings is 2. The van der Waals surface area contributed by atoms with Gasteiger partial charge in [-0.3, -0.25) is 0 Å². The number of rotatable bonds is 4. The number of hydrogen-bond donors (Lipinski definition) is 1. The largest absolute Gasteiger partial charge is 0.324 e. The van der Waals surface area contributed by atoms with Crippen molar-refractivity contribution in [2.24, 2.45) is 5.73 Å². The lowest BCUT2D eigenvalue weighted by Gasteiger charge is -2.14. The van der Waals surface area contributed by atoms with Crippen LogP contribution in [0.4, 0.5) is 0 Å². The van der Waals surface area contributed by atoms with Gasteiger partial charge in [-0.05, 0) is 55.2 Å². The Morgan fingerprint density at radius 1 is 1.05 bits per heavy atom. The molecule has 0 aliphatic rings. The molecular formula is C17H21NS. The number of aryl methyl sites for hydroxylation is 2. The standard InChI is InChI=1S/C17H21NS/c1-4-16(18)15-7-5-6-8-17(15)19-14-10-9-12(2)13(3)11-14/h5-11,16H,4,18H2,1-3H3/t16-/m1/s1. The highest BCUT2D eigenvalue weighted by molar-refractivity contribution is 7.99. The molecule has 2 N–H and O–H groups in total. The minimum Gasteiger partial charge on any atom is -0.324 e. The van der Waals surface area contributed by atoms with E-state index in [0.29, 0.717) is 0 Å². The molecule has 2 aromatic carbocycles. The summed E-state index contributed by atoms with van der Waals surface area (Å²) in [6.07, 6.45) is 0.963. The Morgan fingerprint density at radius 3 is 2.47 bits per heavy atom. The SMILES string of the molecule is CC[C@@H](N)c1ccccc1Sc1ccc(C)c(C)c1. The summed E-state index contributed by atoms with van der Waals surface area (Å²) in [6, 6.07) is 15.2. The van der Waals surface area contributed by atoms with E-state index < -0.39 is 0 Å². The summed E-state index contributed by atoms with van der Waals surface area (Å²) in [5.74, 6) is 0. The monoisotopic (exact) mass is 271 g/mol. The highest BCUT2D eigenvalue weighted by atomic mass is 32.2. The zero-order valence-corrected chi connectivity index (χ0v) is 12.6. The fraction of sp³-hybridized carbons (Fsp3) is 0.294. The Balaban J connectivity index is 2.30. The molecule has 2 rings (SSSR count). The van der Waals surface area contributed by atoms with Crippen LogP contribution in [0.5, 0.6) is 0 Å². The van der Waals surface area contributed by atoms with Crippen molar-refractivity contribution in [3.05, 3.63) is 59.2 Å². The maximum atomic E-state index is 6.19. The quantitative estimate of drug-likeness (QED) is 0.859. The molecule has 0 radical (unpaired) electrons. The maximum absolute atomic E-state index is 6.19. The van der Waals surface area contributed by atoms with E-state index in [1.165, 1.54) is 26.5 Å². The van der Waals surface area contributed by atoms with Crippen LogP contribution in [0, 0.1) is 13.8 Å². The van der Waals surface area contributed by atoms with Crippen LogP contribution >= 0.6 is 11.8 Å². The average molecular weight is 271 g/mol. The van der Waals surface area contributed by atoms with Crippen LogP contribution in [0.2, 0.25) is 0 Å². The fourth-order valence-corrected chi connectivity index (χ4v) is 3.11. The van der Waals surface area contributed by atoms with Gasteiger partial charge in [0.15, 0.2) is 0 Å². The Labute approximate surface area is 120 Å². The Hall–Kier alpha value is -1.25. The van der Waals surface area contributed by atoms with Crippen molar-refractivity contribution in [2.75, 3.05) is 0 Å². The molecule has 1 atom stereocenters. The van der Waals surface area contributed by atoms with Crippen LogP contribution in [-0.4, -0.2) is 0 Å². The third-order valence-electron chi connectivity index (χ3n) is 3.46.